The van der Waals surface area contributed by atoms with Crippen LogP contribution in [0.25, 0.3) is 0 Å². The van der Waals surface area contributed by atoms with Crippen LogP contribution >= 0.6 is 12.4 Å². The molecule has 0 radical (unpaired) electrons. The Balaban J connectivity index is 0.00000180. The molecule has 0 aliphatic carbocycles. The number of hydrogen-bond donors (Lipinski definition) is 1. The molecule has 2 rings (SSSR count). The fourth-order valence-corrected chi connectivity index (χ4v) is 1.63. The van der Waals surface area contributed by atoms with E-state index in [0.29, 0.717) is 13.1 Å². The summed E-state index contributed by atoms with van der Waals surface area (Å²) in [5.41, 5.74) is 2.16. The Labute approximate surface area is 117 Å². The molecule has 0 unspecified atom stereocenters. The molecule has 5 nitrogen and oxygen atoms in total. The summed E-state index contributed by atoms with van der Waals surface area (Å²) in [5, 5.41) is 13.9. The van der Waals surface area contributed by atoms with Crippen molar-refractivity contribution in [3.8, 4) is 0 Å². The van der Waals surface area contributed by atoms with Gasteiger partial charge in [-0.2, -0.15) is 0 Å². The maximum atomic E-state index is 10.6. The number of aromatic nitrogens is 1. The first-order valence-electron chi connectivity index (χ1n) is 5.58. The highest BCUT2D eigenvalue weighted by Gasteiger charge is 2.04. The first-order valence-corrected chi connectivity index (χ1v) is 5.58. The third-order valence-electron chi connectivity index (χ3n) is 2.53. The van der Waals surface area contributed by atoms with E-state index in [1.807, 2.05) is 18.2 Å². The Bertz CT molecular complexity index is 534. The SMILES string of the molecule is Cl.O=[N+]([O-])c1cccc(CNCc2ccncc2)c1. The molecule has 0 fully saturated rings. The molecule has 0 bridgehead atoms. The van der Waals surface area contributed by atoms with Crippen LogP contribution in [0.1, 0.15) is 11.1 Å². The van der Waals surface area contributed by atoms with Gasteiger partial charge in [0.15, 0.2) is 0 Å². The number of non-ortho nitro benzene ring substituents is 1. The van der Waals surface area contributed by atoms with E-state index in [9.17, 15) is 10.1 Å². The maximum absolute atomic E-state index is 10.6. The summed E-state index contributed by atoms with van der Waals surface area (Å²) in [6, 6.07) is 10.5. The highest BCUT2D eigenvalue weighted by molar-refractivity contribution is 5.85. The first-order chi connectivity index (χ1) is 8.75. The van der Waals surface area contributed by atoms with Gasteiger partial charge in [0.2, 0.25) is 0 Å². The zero-order valence-corrected chi connectivity index (χ0v) is 11.0. The molecular weight excluding hydrogens is 266 g/mol. The van der Waals surface area contributed by atoms with Crippen LogP contribution in [0.4, 0.5) is 5.69 Å². The van der Waals surface area contributed by atoms with Crippen LogP contribution in [-0.4, -0.2) is 9.91 Å². The van der Waals surface area contributed by atoms with Gasteiger partial charge in [-0.05, 0) is 23.3 Å². The Morgan fingerprint density at radius 2 is 1.79 bits per heavy atom. The number of benzene rings is 1. The molecule has 0 aliphatic rings. The van der Waals surface area contributed by atoms with E-state index in [4.69, 9.17) is 0 Å². The Kier molecular flexibility index (Phi) is 5.92. The van der Waals surface area contributed by atoms with Gasteiger partial charge in [0.05, 0.1) is 4.92 Å². The summed E-state index contributed by atoms with van der Waals surface area (Å²) in [7, 11) is 0. The number of halogens is 1. The normalized spacial score (nSPS) is 9.68. The predicted molar refractivity (Wildman–Crippen MR) is 75.1 cm³/mol. The van der Waals surface area contributed by atoms with Gasteiger partial charge in [-0.15, -0.1) is 12.4 Å². The van der Waals surface area contributed by atoms with Crippen LogP contribution in [0.15, 0.2) is 48.8 Å². The Hall–Kier alpha value is -1.98. The van der Waals surface area contributed by atoms with Gasteiger partial charge in [0.1, 0.15) is 0 Å². The van der Waals surface area contributed by atoms with Crippen LogP contribution in [0.2, 0.25) is 0 Å². The lowest BCUT2D eigenvalue weighted by Crippen LogP contribution is -2.12. The van der Waals surface area contributed by atoms with Gasteiger partial charge in [0, 0.05) is 37.6 Å². The number of nitro benzene ring substituents is 1. The summed E-state index contributed by atoms with van der Waals surface area (Å²) in [6.07, 6.45) is 3.48. The van der Waals surface area contributed by atoms with Crippen molar-refractivity contribution >= 4 is 18.1 Å². The molecule has 1 aromatic carbocycles. The van der Waals surface area contributed by atoms with Gasteiger partial charge in [0.25, 0.3) is 5.69 Å². The molecule has 6 heteroatoms. The second-order valence-electron chi connectivity index (χ2n) is 3.89. The van der Waals surface area contributed by atoms with Gasteiger partial charge in [-0.3, -0.25) is 15.1 Å². The molecule has 1 aromatic heterocycles. The molecule has 0 spiro atoms. The van der Waals surface area contributed by atoms with Crippen molar-refractivity contribution in [3.05, 3.63) is 70.0 Å². The van der Waals surface area contributed by atoms with Crippen molar-refractivity contribution in [2.75, 3.05) is 0 Å². The third-order valence-corrected chi connectivity index (χ3v) is 2.53. The number of nitrogens with one attached hydrogen (secondary N) is 1. The van der Waals surface area contributed by atoms with Crippen LogP contribution in [0, 0.1) is 10.1 Å². The molecule has 0 amide bonds. The van der Waals surface area contributed by atoms with Crippen LogP contribution in [0.5, 0.6) is 0 Å². The number of hydrogen-bond acceptors (Lipinski definition) is 4. The third kappa shape index (κ3) is 4.65. The molecule has 0 atom stereocenters. The Morgan fingerprint density at radius 1 is 1.11 bits per heavy atom. The van der Waals surface area contributed by atoms with Crippen molar-refractivity contribution < 1.29 is 4.92 Å². The van der Waals surface area contributed by atoms with E-state index in [2.05, 4.69) is 10.3 Å². The van der Waals surface area contributed by atoms with Crippen molar-refractivity contribution in [3.63, 3.8) is 0 Å². The topological polar surface area (TPSA) is 68.1 Å². The van der Waals surface area contributed by atoms with Crippen molar-refractivity contribution in [2.45, 2.75) is 13.1 Å². The lowest BCUT2D eigenvalue weighted by atomic mass is 10.2. The molecule has 19 heavy (non-hydrogen) atoms. The van der Waals surface area contributed by atoms with Gasteiger partial charge in [-0.25, -0.2) is 0 Å². The molecule has 100 valence electrons. The molecule has 1 N–H and O–H groups in total. The molecule has 0 saturated heterocycles. The minimum atomic E-state index is -0.383. The highest BCUT2D eigenvalue weighted by Crippen LogP contribution is 2.12. The van der Waals surface area contributed by atoms with Crippen molar-refractivity contribution in [2.24, 2.45) is 0 Å². The van der Waals surface area contributed by atoms with E-state index >= 15 is 0 Å². The number of nitro groups is 1. The fraction of sp³-hybridized carbons (Fsp3) is 0.154. The quantitative estimate of drug-likeness (QED) is 0.675. The van der Waals surface area contributed by atoms with E-state index < -0.39 is 0 Å². The second kappa shape index (κ2) is 7.45. The van der Waals surface area contributed by atoms with E-state index in [0.717, 1.165) is 11.1 Å². The zero-order chi connectivity index (χ0) is 12.8. The van der Waals surface area contributed by atoms with Crippen molar-refractivity contribution in [1.29, 1.82) is 0 Å². The van der Waals surface area contributed by atoms with Crippen LogP contribution in [0.3, 0.4) is 0 Å². The number of pyridine rings is 1. The predicted octanol–water partition coefficient (Wildman–Crippen LogP) is 2.70. The summed E-state index contributed by atoms with van der Waals surface area (Å²) in [5.74, 6) is 0. The standard InChI is InChI=1S/C13H13N3O2.ClH/c17-16(18)13-3-1-2-12(8-13)10-15-9-11-4-6-14-7-5-11;/h1-8,15H,9-10H2;1H. The van der Waals surface area contributed by atoms with Crippen molar-refractivity contribution in [1.82, 2.24) is 10.3 Å². The smallest absolute Gasteiger partial charge is 0.269 e. The monoisotopic (exact) mass is 279 g/mol. The minimum absolute atomic E-state index is 0. The summed E-state index contributed by atoms with van der Waals surface area (Å²) in [4.78, 5) is 14.2. The molecule has 2 aromatic rings. The second-order valence-corrected chi connectivity index (χ2v) is 3.89. The van der Waals surface area contributed by atoms with Crippen LogP contribution < -0.4 is 5.32 Å². The summed E-state index contributed by atoms with van der Waals surface area (Å²) < 4.78 is 0. The average molecular weight is 280 g/mol. The lowest BCUT2D eigenvalue weighted by molar-refractivity contribution is -0.384. The lowest BCUT2D eigenvalue weighted by Gasteiger charge is -2.04. The molecular formula is C13H14ClN3O2. The maximum Gasteiger partial charge on any atom is 0.269 e. The summed E-state index contributed by atoms with van der Waals surface area (Å²) >= 11 is 0. The van der Waals surface area contributed by atoms with E-state index in [-0.39, 0.29) is 23.0 Å². The highest BCUT2D eigenvalue weighted by atomic mass is 35.5. The van der Waals surface area contributed by atoms with E-state index in [1.54, 1.807) is 24.5 Å². The number of nitrogens with zero attached hydrogens (tertiary/aromatic N) is 2. The van der Waals surface area contributed by atoms with Gasteiger partial charge < -0.3 is 5.32 Å². The Morgan fingerprint density at radius 3 is 2.47 bits per heavy atom. The van der Waals surface area contributed by atoms with E-state index in [1.165, 1.54) is 6.07 Å². The summed E-state index contributed by atoms with van der Waals surface area (Å²) in [6.45, 7) is 1.31. The van der Waals surface area contributed by atoms with Gasteiger partial charge >= 0.3 is 0 Å². The first kappa shape index (κ1) is 15.1. The fourth-order valence-electron chi connectivity index (χ4n) is 1.63. The molecule has 1 heterocycles. The minimum Gasteiger partial charge on any atom is -0.309 e. The largest absolute Gasteiger partial charge is 0.309 e. The average Bonchev–Trinajstić information content (AvgIpc) is 2.40. The van der Waals surface area contributed by atoms with Crippen LogP contribution in [-0.2, 0) is 13.1 Å². The van der Waals surface area contributed by atoms with Gasteiger partial charge in [-0.1, -0.05) is 12.1 Å². The molecule has 0 saturated carbocycles. The number of rotatable bonds is 5. The molecule has 0 aliphatic heterocycles. The zero-order valence-electron chi connectivity index (χ0n) is 10.2.